The van der Waals surface area contributed by atoms with E-state index in [1.54, 1.807) is 0 Å². The third kappa shape index (κ3) is 4.11. The highest BCUT2D eigenvalue weighted by atomic mass is 35.5. The number of alkyl halides is 3. The molecule has 0 spiro atoms. The van der Waals surface area contributed by atoms with Gasteiger partial charge in [-0.2, -0.15) is 13.2 Å². The highest BCUT2D eigenvalue weighted by molar-refractivity contribution is 6.33. The van der Waals surface area contributed by atoms with Crippen LogP contribution < -0.4 is 5.32 Å². The van der Waals surface area contributed by atoms with Crippen LogP contribution in [0.15, 0.2) is 18.2 Å². The van der Waals surface area contributed by atoms with Gasteiger partial charge in [-0.25, -0.2) is 0 Å². The summed E-state index contributed by atoms with van der Waals surface area (Å²) in [7, 11) is 0. The maximum atomic E-state index is 13.0. The third-order valence-electron chi connectivity index (χ3n) is 6.24. The molecule has 1 amide bonds. The molecule has 1 heterocycles. The second-order valence-electron chi connectivity index (χ2n) is 8.10. The molecule has 2 fully saturated rings. The third-order valence-corrected chi connectivity index (χ3v) is 6.55. The lowest BCUT2D eigenvalue weighted by Crippen LogP contribution is -2.63. The summed E-state index contributed by atoms with van der Waals surface area (Å²) in [6.07, 6.45) is 0.245. The number of anilines is 1. The van der Waals surface area contributed by atoms with Gasteiger partial charge < -0.3 is 5.32 Å². The van der Waals surface area contributed by atoms with Crippen molar-refractivity contribution in [2.45, 2.75) is 57.7 Å². The van der Waals surface area contributed by atoms with E-state index in [1.807, 2.05) is 0 Å². The smallest absolute Gasteiger partial charge is 0.323 e. The summed E-state index contributed by atoms with van der Waals surface area (Å²) >= 11 is 6.00. The van der Waals surface area contributed by atoms with Crippen molar-refractivity contribution in [2.75, 3.05) is 18.4 Å². The number of hydrogen-bond donors (Lipinski definition) is 1. The fraction of sp³-hybridized carbons (Fsp3) is 0.650. The summed E-state index contributed by atoms with van der Waals surface area (Å²) in [6.45, 7) is 6.24. The highest BCUT2D eigenvalue weighted by Gasteiger charge is 2.49. The first-order chi connectivity index (χ1) is 12.6. The van der Waals surface area contributed by atoms with E-state index >= 15 is 0 Å². The average Bonchev–Trinajstić information content (AvgIpc) is 2.55. The first kappa shape index (κ1) is 20.5. The number of carbonyl (C=O) groups excluding carboxylic acids is 1. The normalized spacial score (nSPS) is 21.1. The maximum absolute atomic E-state index is 13.0. The second kappa shape index (κ2) is 7.63. The highest BCUT2D eigenvalue weighted by Crippen LogP contribution is 2.42. The molecule has 3 nitrogen and oxygen atoms in total. The molecule has 1 saturated heterocycles. The molecule has 27 heavy (non-hydrogen) atoms. The minimum absolute atomic E-state index is 0.0915. The van der Waals surface area contributed by atoms with Crippen LogP contribution in [0, 0.1) is 11.8 Å². The molecule has 2 aliphatic rings. The van der Waals surface area contributed by atoms with E-state index in [9.17, 15) is 18.0 Å². The summed E-state index contributed by atoms with van der Waals surface area (Å²) in [4.78, 5) is 15.3. The maximum Gasteiger partial charge on any atom is 0.416 e. The van der Waals surface area contributed by atoms with Crippen molar-refractivity contribution in [2.24, 2.45) is 11.8 Å². The standard InChI is InChI=1S/C20H26ClF3N2O/c1-13(2)14-6-10-26(11-7-14)19(8-3-9-19)18(27)25-17-5-4-15(12-16(17)21)20(22,23)24/h4-5,12-14H,3,6-11H2,1-2H3,(H,25,27). The first-order valence-corrected chi connectivity index (χ1v) is 9.94. The zero-order valence-electron chi connectivity index (χ0n) is 15.7. The minimum Gasteiger partial charge on any atom is -0.323 e. The van der Waals surface area contributed by atoms with Crippen molar-refractivity contribution in [1.82, 2.24) is 4.90 Å². The predicted octanol–water partition coefficient (Wildman–Crippen LogP) is 5.59. The number of rotatable bonds is 4. The van der Waals surface area contributed by atoms with Gasteiger partial charge >= 0.3 is 6.18 Å². The predicted molar refractivity (Wildman–Crippen MR) is 101 cm³/mol. The van der Waals surface area contributed by atoms with Crippen molar-refractivity contribution in [1.29, 1.82) is 0 Å². The lowest BCUT2D eigenvalue weighted by atomic mass is 9.72. The van der Waals surface area contributed by atoms with Crippen LogP contribution in [0.5, 0.6) is 0 Å². The molecule has 1 aromatic carbocycles. The van der Waals surface area contributed by atoms with Gasteiger partial charge in [0.2, 0.25) is 5.91 Å². The summed E-state index contributed by atoms with van der Waals surface area (Å²) in [5.41, 5.74) is -1.13. The first-order valence-electron chi connectivity index (χ1n) is 9.57. The van der Waals surface area contributed by atoms with Crippen LogP contribution in [0.3, 0.4) is 0 Å². The van der Waals surface area contributed by atoms with E-state index in [2.05, 4.69) is 24.1 Å². The number of benzene rings is 1. The summed E-state index contributed by atoms with van der Waals surface area (Å²) in [5, 5.41) is 2.69. The molecule has 1 aliphatic carbocycles. The fourth-order valence-electron chi connectivity index (χ4n) is 4.22. The van der Waals surface area contributed by atoms with Gasteiger partial charge in [0.1, 0.15) is 5.54 Å². The van der Waals surface area contributed by atoms with E-state index in [4.69, 9.17) is 11.6 Å². The number of halogens is 4. The number of likely N-dealkylation sites (tertiary alicyclic amines) is 1. The van der Waals surface area contributed by atoms with Gasteiger partial charge in [0.15, 0.2) is 0 Å². The molecule has 1 saturated carbocycles. The van der Waals surface area contributed by atoms with Crippen LogP contribution >= 0.6 is 11.6 Å². The van der Waals surface area contributed by atoms with Gasteiger partial charge in [-0.15, -0.1) is 0 Å². The van der Waals surface area contributed by atoms with Crippen LogP contribution in [0.25, 0.3) is 0 Å². The van der Waals surface area contributed by atoms with Gasteiger partial charge in [-0.1, -0.05) is 25.4 Å². The molecule has 3 rings (SSSR count). The van der Waals surface area contributed by atoms with Crippen molar-refractivity contribution < 1.29 is 18.0 Å². The number of hydrogen-bond acceptors (Lipinski definition) is 2. The van der Waals surface area contributed by atoms with Gasteiger partial charge in [0.25, 0.3) is 0 Å². The molecule has 7 heteroatoms. The number of carbonyl (C=O) groups is 1. The SMILES string of the molecule is CC(C)C1CCN(C2(C(=O)Nc3ccc(C(F)(F)F)cc3Cl)CCC2)CC1. The second-order valence-corrected chi connectivity index (χ2v) is 8.51. The molecule has 1 N–H and O–H groups in total. The molecule has 0 aromatic heterocycles. The van der Waals surface area contributed by atoms with Crippen molar-refractivity contribution in [3.8, 4) is 0 Å². The monoisotopic (exact) mass is 402 g/mol. The lowest BCUT2D eigenvalue weighted by molar-refractivity contribution is -0.137. The number of nitrogens with zero attached hydrogens (tertiary/aromatic N) is 1. The minimum atomic E-state index is -4.46. The van der Waals surface area contributed by atoms with E-state index < -0.39 is 17.3 Å². The Bertz CT molecular complexity index is 693. The van der Waals surface area contributed by atoms with Gasteiger partial charge in [-0.3, -0.25) is 9.69 Å². The Hall–Kier alpha value is -1.27. The Morgan fingerprint density at radius 2 is 1.89 bits per heavy atom. The van der Waals surface area contributed by atoms with Crippen LogP contribution in [0.4, 0.5) is 18.9 Å². The van der Waals surface area contributed by atoms with Crippen molar-refractivity contribution >= 4 is 23.2 Å². The molecule has 1 aliphatic heterocycles. The summed E-state index contributed by atoms with van der Waals surface area (Å²) in [5.74, 6) is 1.17. The summed E-state index contributed by atoms with van der Waals surface area (Å²) in [6, 6.07) is 3.04. The molecular formula is C20H26ClF3N2O. The van der Waals surface area contributed by atoms with E-state index in [1.165, 1.54) is 6.07 Å². The van der Waals surface area contributed by atoms with Gasteiger partial charge in [0, 0.05) is 0 Å². The number of nitrogens with one attached hydrogen (secondary N) is 1. The Morgan fingerprint density at radius 3 is 2.33 bits per heavy atom. The van der Waals surface area contributed by atoms with Crippen molar-refractivity contribution in [3.63, 3.8) is 0 Å². The van der Waals surface area contributed by atoms with Crippen molar-refractivity contribution in [3.05, 3.63) is 28.8 Å². The van der Waals surface area contributed by atoms with Crippen LogP contribution in [0.1, 0.15) is 51.5 Å². The Morgan fingerprint density at radius 1 is 1.26 bits per heavy atom. The average molecular weight is 403 g/mol. The van der Waals surface area contributed by atoms with E-state index in [0.29, 0.717) is 11.8 Å². The summed E-state index contributed by atoms with van der Waals surface area (Å²) < 4.78 is 38.4. The van der Waals surface area contributed by atoms with E-state index in [-0.39, 0.29) is 16.6 Å². The molecule has 0 radical (unpaired) electrons. The zero-order chi connectivity index (χ0) is 19.8. The zero-order valence-corrected chi connectivity index (χ0v) is 16.5. The molecule has 0 atom stereocenters. The molecule has 1 aromatic rings. The topological polar surface area (TPSA) is 32.3 Å². The van der Waals surface area contributed by atoms with Gasteiger partial charge in [0.05, 0.1) is 16.3 Å². The van der Waals surface area contributed by atoms with Crippen LogP contribution in [-0.4, -0.2) is 29.4 Å². The number of amides is 1. The van der Waals surface area contributed by atoms with Gasteiger partial charge in [-0.05, 0) is 75.2 Å². The van der Waals surface area contributed by atoms with E-state index in [0.717, 1.165) is 57.3 Å². The molecule has 150 valence electrons. The molecule has 0 unspecified atom stereocenters. The largest absolute Gasteiger partial charge is 0.416 e. The molecule has 0 bridgehead atoms. The Kier molecular flexibility index (Phi) is 5.78. The Labute approximate surface area is 163 Å². The molecular weight excluding hydrogens is 377 g/mol. The van der Waals surface area contributed by atoms with Crippen LogP contribution in [-0.2, 0) is 11.0 Å². The Balaban J connectivity index is 1.71. The lowest BCUT2D eigenvalue weighted by Gasteiger charge is -2.51. The number of piperidine rings is 1. The quantitative estimate of drug-likeness (QED) is 0.712. The fourth-order valence-corrected chi connectivity index (χ4v) is 4.45. The van der Waals surface area contributed by atoms with Crippen LogP contribution in [0.2, 0.25) is 5.02 Å².